The van der Waals surface area contributed by atoms with Crippen molar-refractivity contribution in [1.29, 1.82) is 5.26 Å². The zero-order chi connectivity index (χ0) is 17.9. The van der Waals surface area contributed by atoms with Gasteiger partial charge < -0.3 is 5.11 Å². The molecule has 0 radical (unpaired) electrons. The van der Waals surface area contributed by atoms with Crippen LogP contribution >= 0.6 is 0 Å². The monoisotopic (exact) mass is 358 g/mol. The summed E-state index contributed by atoms with van der Waals surface area (Å²) in [6, 6.07) is 1.53. The highest BCUT2D eigenvalue weighted by atomic mass is 32.2. The summed E-state index contributed by atoms with van der Waals surface area (Å²) >= 11 is 0. The summed E-state index contributed by atoms with van der Waals surface area (Å²) < 4.78 is 28.4. The molecular formula is C15H26N4O4S. The summed E-state index contributed by atoms with van der Waals surface area (Å²) in [5.41, 5.74) is 0. The lowest BCUT2D eigenvalue weighted by Crippen LogP contribution is -2.57. The molecule has 1 atom stereocenters. The summed E-state index contributed by atoms with van der Waals surface area (Å²) in [6.45, 7) is 2.49. The van der Waals surface area contributed by atoms with Gasteiger partial charge in [0, 0.05) is 31.7 Å². The third kappa shape index (κ3) is 5.14. The van der Waals surface area contributed by atoms with E-state index in [9.17, 15) is 13.2 Å². The Morgan fingerprint density at radius 1 is 1.42 bits per heavy atom. The fourth-order valence-electron chi connectivity index (χ4n) is 2.92. The maximum Gasteiger partial charge on any atom is 0.317 e. The van der Waals surface area contributed by atoms with Crippen molar-refractivity contribution in [2.75, 3.05) is 20.1 Å². The number of carboxylic acids is 1. The van der Waals surface area contributed by atoms with Gasteiger partial charge in [-0.1, -0.05) is 0 Å². The molecule has 136 valence electrons. The standard InChI is InChI=1S/C15H26N4O4S/c1-11(5-6-16)18(2)24(22,23)17-13-7-14(8-13)19(10-15(20)21)9-12-3-4-12/h11-14,17H,3-5,7-10H2,1-2H3,(H,20,21). The van der Waals surface area contributed by atoms with Crippen molar-refractivity contribution in [3.05, 3.63) is 0 Å². The molecule has 0 aromatic heterocycles. The highest BCUT2D eigenvalue weighted by Crippen LogP contribution is 2.34. The SMILES string of the molecule is CC(CC#N)N(C)S(=O)(=O)NC1CC(N(CC(=O)O)CC2CC2)C1. The Labute approximate surface area is 143 Å². The predicted molar refractivity (Wildman–Crippen MR) is 88.3 cm³/mol. The van der Waals surface area contributed by atoms with Gasteiger partial charge in [-0.3, -0.25) is 9.69 Å². The second-order valence-corrected chi connectivity index (χ2v) is 8.70. The van der Waals surface area contributed by atoms with Crippen LogP contribution in [0.15, 0.2) is 0 Å². The van der Waals surface area contributed by atoms with Crippen LogP contribution < -0.4 is 4.72 Å². The molecule has 9 heteroatoms. The highest BCUT2D eigenvalue weighted by Gasteiger charge is 2.39. The Hall–Kier alpha value is -1.21. The van der Waals surface area contributed by atoms with E-state index < -0.39 is 16.2 Å². The first-order chi connectivity index (χ1) is 11.2. The van der Waals surface area contributed by atoms with Crippen molar-refractivity contribution in [3.8, 4) is 6.07 Å². The number of carboxylic acid groups (broad SMARTS) is 1. The molecule has 0 aromatic rings. The minimum atomic E-state index is -3.63. The third-order valence-corrected chi connectivity index (χ3v) is 6.61. The summed E-state index contributed by atoms with van der Waals surface area (Å²) in [6.07, 6.45) is 3.69. The van der Waals surface area contributed by atoms with Crippen molar-refractivity contribution < 1.29 is 18.3 Å². The van der Waals surface area contributed by atoms with E-state index in [-0.39, 0.29) is 31.1 Å². The van der Waals surface area contributed by atoms with Crippen LogP contribution in [-0.4, -0.2) is 67.0 Å². The molecule has 0 bridgehead atoms. The molecule has 1 unspecified atom stereocenters. The second kappa shape index (κ2) is 7.78. The van der Waals surface area contributed by atoms with E-state index in [0.717, 1.165) is 19.4 Å². The summed E-state index contributed by atoms with van der Waals surface area (Å²) in [4.78, 5) is 13.0. The minimum absolute atomic E-state index is 0.0136. The van der Waals surface area contributed by atoms with Crippen molar-refractivity contribution >= 4 is 16.2 Å². The molecule has 0 spiro atoms. The van der Waals surface area contributed by atoms with Crippen LogP contribution in [0.3, 0.4) is 0 Å². The molecule has 2 saturated carbocycles. The minimum Gasteiger partial charge on any atom is -0.480 e. The van der Waals surface area contributed by atoms with Crippen LogP contribution in [0.1, 0.15) is 39.0 Å². The number of hydrogen-bond acceptors (Lipinski definition) is 5. The van der Waals surface area contributed by atoms with Crippen molar-refractivity contribution in [2.45, 2.75) is 57.2 Å². The highest BCUT2D eigenvalue weighted by molar-refractivity contribution is 7.87. The van der Waals surface area contributed by atoms with E-state index in [1.54, 1.807) is 6.92 Å². The van der Waals surface area contributed by atoms with Crippen molar-refractivity contribution in [3.63, 3.8) is 0 Å². The first-order valence-corrected chi connectivity index (χ1v) is 9.75. The van der Waals surface area contributed by atoms with Gasteiger partial charge >= 0.3 is 5.97 Å². The van der Waals surface area contributed by atoms with E-state index in [1.807, 2.05) is 11.0 Å². The van der Waals surface area contributed by atoms with Gasteiger partial charge in [0.15, 0.2) is 0 Å². The molecule has 8 nitrogen and oxygen atoms in total. The summed E-state index contributed by atoms with van der Waals surface area (Å²) in [7, 11) is -2.16. The molecule has 2 aliphatic carbocycles. The van der Waals surface area contributed by atoms with Crippen LogP contribution in [0.25, 0.3) is 0 Å². The lowest BCUT2D eigenvalue weighted by atomic mass is 9.86. The number of aliphatic carboxylic acids is 1. The molecule has 2 N–H and O–H groups in total. The maximum atomic E-state index is 12.3. The number of rotatable bonds is 10. The van der Waals surface area contributed by atoms with Gasteiger partial charge in [0.05, 0.1) is 19.0 Å². The fourth-order valence-corrected chi connectivity index (χ4v) is 4.25. The van der Waals surface area contributed by atoms with Crippen molar-refractivity contribution in [2.24, 2.45) is 5.92 Å². The third-order valence-electron chi connectivity index (χ3n) is 4.86. The molecule has 0 aromatic carbocycles. The topological polar surface area (TPSA) is 114 Å². The molecule has 2 fully saturated rings. The van der Waals surface area contributed by atoms with Crippen LogP contribution in [0.4, 0.5) is 0 Å². The molecule has 2 aliphatic rings. The molecule has 2 rings (SSSR count). The van der Waals surface area contributed by atoms with E-state index in [1.165, 1.54) is 11.4 Å². The van der Waals surface area contributed by atoms with Crippen LogP contribution in [0.2, 0.25) is 0 Å². The van der Waals surface area contributed by atoms with Gasteiger partial charge in [0.25, 0.3) is 10.2 Å². The Morgan fingerprint density at radius 3 is 2.54 bits per heavy atom. The Morgan fingerprint density at radius 2 is 2.04 bits per heavy atom. The first kappa shape index (κ1) is 19.1. The first-order valence-electron chi connectivity index (χ1n) is 8.31. The number of nitrogens with zero attached hydrogens (tertiary/aromatic N) is 3. The van der Waals surface area contributed by atoms with E-state index in [4.69, 9.17) is 10.4 Å². The fraction of sp³-hybridized carbons (Fsp3) is 0.867. The molecular weight excluding hydrogens is 332 g/mol. The van der Waals surface area contributed by atoms with Gasteiger partial charge in [-0.15, -0.1) is 0 Å². The van der Waals surface area contributed by atoms with Gasteiger partial charge in [-0.2, -0.15) is 22.7 Å². The Kier molecular flexibility index (Phi) is 6.20. The second-order valence-electron chi connectivity index (χ2n) is 6.94. The smallest absolute Gasteiger partial charge is 0.317 e. The average Bonchev–Trinajstić information content (AvgIpc) is 3.24. The van der Waals surface area contributed by atoms with Gasteiger partial charge in [-0.05, 0) is 38.5 Å². The molecule has 24 heavy (non-hydrogen) atoms. The zero-order valence-electron chi connectivity index (χ0n) is 14.2. The zero-order valence-corrected chi connectivity index (χ0v) is 15.0. The van der Waals surface area contributed by atoms with Crippen LogP contribution in [-0.2, 0) is 15.0 Å². The molecule has 0 aliphatic heterocycles. The number of nitriles is 1. The van der Waals surface area contributed by atoms with Gasteiger partial charge in [0.2, 0.25) is 0 Å². The largest absolute Gasteiger partial charge is 0.480 e. The molecule has 0 amide bonds. The lowest BCUT2D eigenvalue weighted by molar-refractivity contribution is -0.139. The van der Waals surface area contributed by atoms with Gasteiger partial charge in [0.1, 0.15) is 0 Å². The number of nitrogens with one attached hydrogen (secondary N) is 1. The van der Waals surface area contributed by atoms with Crippen molar-refractivity contribution in [1.82, 2.24) is 13.9 Å². The maximum absolute atomic E-state index is 12.3. The summed E-state index contributed by atoms with van der Waals surface area (Å²) in [5.74, 6) is -0.247. The normalized spacial score (nSPS) is 25.3. The van der Waals surface area contributed by atoms with E-state index in [0.29, 0.717) is 18.8 Å². The quantitative estimate of drug-likeness (QED) is 0.584. The average molecular weight is 358 g/mol. The predicted octanol–water partition coefficient (Wildman–Crippen LogP) is 0.382. The van der Waals surface area contributed by atoms with E-state index in [2.05, 4.69) is 4.72 Å². The summed E-state index contributed by atoms with van der Waals surface area (Å²) in [5, 5.41) is 17.7. The Bertz CT molecular complexity index is 593. The lowest BCUT2D eigenvalue weighted by Gasteiger charge is -2.43. The van der Waals surface area contributed by atoms with Crippen LogP contribution in [0.5, 0.6) is 0 Å². The van der Waals surface area contributed by atoms with E-state index >= 15 is 0 Å². The molecule has 0 saturated heterocycles. The molecule has 0 heterocycles. The number of hydrogen-bond donors (Lipinski definition) is 2. The Balaban J connectivity index is 1.84. The van der Waals surface area contributed by atoms with Gasteiger partial charge in [-0.25, -0.2) is 0 Å². The van der Waals surface area contributed by atoms with Crippen LogP contribution in [0, 0.1) is 17.2 Å². The number of carbonyl (C=O) groups is 1.